The van der Waals surface area contributed by atoms with Crippen LogP contribution < -0.4 is 26.6 Å². The zero-order valence-electron chi connectivity index (χ0n) is 17.8. The van der Waals surface area contributed by atoms with Gasteiger partial charge in [0.25, 0.3) is 11.1 Å². The van der Waals surface area contributed by atoms with E-state index in [4.69, 9.17) is 4.74 Å². The average Bonchev–Trinajstić information content (AvgIpc) is 2.84. The van der Waals surface area contributed by atoms with E-state index in [0.717, 1.165) is 16.8 Å². The Balaban J connectivity index is 1.43. The Morgan fingerprint density at radius 3 is 2.09 bits per heavy atom. The van der Waals surface area contributed by atoms with Crippen LogP contribution in [0, 0.1) is 0 Å². The molecule has 0 aliphatic heterocycles. The maximum atomic E-state index is 12.4. The highest BCUT2D eigenvalue weighted by Gasteiger charge is 2.00. The van der Waals surface area contributed by atoms with Crippen LogP contribution in [0.2, 0.25) is 0 Å². The minimum absolute atomic E-state index is 0.175. The van der Waals surface area contributed by atoms with Gasteiger partial charge in [0, 0.05) is 12.1 Å². The molecule has 2 aromatic heterocycles. The van der Waals surface area contributed by atoms with Crippen molar-refractivity contribution in [3.8, 4) is 11.5 Å². The molecule has 0 radical (unpaired) electrons. The van der Waals surface area contributed by atoms with Crippen molar-refractivity contribution >= 4 is 12.2 Å². The molecule has 0 spiro atoms. The van der Waals surface area contributed by atoms with Gasteiger partial charge in [-0.05, 0) is 47.9 Å². The minimum atomic E-state index is -0.380. The second kappa shape index (κ2) is 10.3. The fourth-order valence-electron chi connectivity index (χ4n) is 3.20. The van der Waals surface area contributed by atoms with Gasteiger partial charge in [-0.3, -0.25) is 14.6 Å². The van der Waals surface area contributed by atoms with E-state index >= 15 is 0 Å². The summed E-state index contributed by atoms with van der Waals surface area (Å²) in [6.07, 6.45) is 5.75. The molecule has 0 aliphatic rings. The van der Waals surface area contributed by atoms with Crippen LogP contribution in [0.15, 0.2) is 82.5 Å². The van der Waals surface area contributed by atoms with Crippen LogP contribution in [0.3, 0.4) is 0 Å². The number of aromatic nitrogens is 3. The van der Waals surface area contributed by atoms with Crippen LogP contribution >= 0.6 is 0 Å². The Morgan fingerprint density at radius 2 is 1.45 bits per heavy atom. The van der Waals surface area contributed by atoms with Crippen LogP contribution in [0.5, 0.6) is 11.5 Å². The highest BCUT2D eigenvalue weighted by molar-refractivity contribution is 5.34. The third-order valence-corrected chi connectivity index (χ3v) is 5.03. The zero-order chi connectivity index (χ0) is 23.0. The van der Waals surface area contributed by atoms with Crippen LogP contribution in [0.1, 0.15) is 16.8 Å². The molecule has 4 rings (SSSR count). The lowest BCUT2D eigenvalue weighted by Gasteiger charge is -2.06. The van der Waals surface area contributed by atoms with Gasteiger partial charge in [-0.15, -0.1) is 0 Å². The molecule has 0 atom stereocenters. The Morgan fingerprint density at radius 1 is 0.788 bits per heavy atom. The molecular weight excluding hydrogens is 418 g/mol. The molecule has 0 aliphatic carbocycles. The molecule has 166 valence electrons. The molecule has 7 nitrogen and oxygen atoms in total. The third-order valence-electron chi connectivity index (χ3n) is 5.03. The number of rotatable bonds is 7. The van der Waals surface area contributed by atoms with E-state index in [9.17, 15) is 14.7 Å². The first-order chi connectivity index (χ1) is 16.1. The van der Waals surface area contributed by atoms with Gasteiger partial charge in [0.05, 0.1) is 6.20 Å². The first-order valence-corrected chi connectivity index (χ1v) is 10.5. The summed E-state index contributed by atoms with van der Waals surface area (Å²) in [5, 5.41) is 9.73. The van der Waals surface area contributed by atoms with Crippen LogP contribution in [0.4, 0.5) is 0 Å². The van der Waals surface area contributed by atoms with Crippen molar-refractivity contribution in [2.24, 2.45) is 0 Å². The molecule has 0 fully saturated rings. The number of phenols is 1. The highest BCUT2D eigenvalue weighted by atomic mass is 16.5. The molecule has 7 heteroatoms. The molecule has 0 amide bonds. The first kappa shape index (κ1) is 21.8. The predicted octanol–water partition coefficient (Wildman–Crippen LogP) is 1.79. The molecule has 0 saturated heterocycles. The molecule has 3 N–H and O–H groups in total. The van der Waals surface area contributed by atoms with E-state index in [1.54, 1.807) is 42.6 Å². The van der Waals surface area contributed by atoms with Gasteiger partial charge in [0.1, 0.15) is 28.8 Å². The quantitative estimate of drug-likeness (QED) is 0.405. The van der Waals surface area contributed by atoms with Gasteiger partial charge in [0.2, 0.25) is 0 Å². The lowest BCUT2D eigenvalue weighted by molar-refractivity contribution is 0.305. The molecule has 4 aromatic rings. The van der Waals surface area contributed by atoms with Gasteiger partial charge in [0.15, 0.2) is 0 Å². The van der Waals surface area contributed by atoms with E-state index < -0.39 is 0 Å². The standard InChI is InChI=1S/C26H23N3O4/c30-21-11-6-18(7-12-21)8-14-23-25(31)29-24(26(32)28-23)15-10-20-9-13-22(16-27-20)33-17-19-4-2-1-3-5-19/h1-7,9,11-16,30H,8,10,17H2,(H,28,32)(H,29,31)/b23-14+,24-15+. The number of H-pyrrole nitrogens is 2. The summed E-state index contributed by atoms with van der Waals surface area (Å²) < 4.78 is 5.73. The number of nitrogens with zero attached hydrogens (tertiary/aromatic N) is 1. The number of aromatic hydroxyl groups is 1. The van der Waals surface area contributed by atoms with Gasteiger partial charge in [-0.2, -0.15) is 0 Å². The number of ether oxygens (including phenoxy) is 1. The normalized spacial score (nSPS) is 12.1. The van der Waals surface area contributed by atoms with Crippen molar-refractivity contribution < 1.29 is 9.84 Å². The summed E-state index contributed by atoms with van der Waals surface area (Å²) in [6, 6.07) is 20.2. The zero-order valence-corrected chi connectivity index (χ0v) is 17.8. The van der Waals surface area contributed by atoms with Crippen molar-refractivity contribution in [3.05, 3.63) is 121 Å². The number of phenolic OH excluding ortho intramolecular Hbond substituents is 1. The molecule has 33 heavy (non-hydrogen) atoms. The molecule has 2 aromatic carbocycles. The maximum Gasteiger partial charge on any atom is 0.271 e. The topological polar surface area (TPSA) is 108 Å². The predicted molar refractivity (Wildman–Crippen MR) is 126 cm³/mol. The van der Waals surface area contributed by atoms with E-state index in [1.807, 2.05) is 42.5 Å². The lowest BCUT2D eigenvalue weighted by atomic mass is 10.1. The van der Waals surface area contributed by atoms with Crippen LogP contribution in [-0.2, 0) is 19.4 Å². The molecular formula is C26H23N3O4. The molecule has 0 unspecified atom stereocenters. The average molecular weight is 441 g/mol. The van der Waals surface area contributed by atoms with Crippen molar-refractivity contribution in [1.82, 2.24) is 15.0 Å². The van der Waals surface area contributed by atoms with Gasteiger partial charge >= 0.3 is 0 Å². The van der Waals surface area contributed by atoms with Crippen molar-refractivity contribution in [2.45, 2.75) is 19.4 Å². The maximum absolute atomic E-state index is 12.4. The second-order valence-electron chi connectivity index (χ2n) is 7.48. The SMILES string of the molecule is O=c1[nH]/c(=C/Cc2ccc(OCc3ccccc3)cn2)c(=O)[nH]/c1=C/Cc1ccc(O)cc1. The Kier molecular flexibility index (Phi) is 6.80. The summed E-state index contributed by atoms with van der Waals surface area (Å²) in [5.74, 6) is 0.830. The van der Waals surface area contributed by atoms with Crippen LogP contribution in [-0.4, -0.2) is 20.1 Å². The number of hydrogen-bond acceptors (Lipinski definition) is 5. The molecule has 2 heterocycles. The summed E-state index contributed by atoms with van der Waals surface area (Å²) in [7, 11) is 0. The minimum Gasteiger partial charge on any atom is -0.508 e. The number of hydrogen-bond donors (Lipinski definition) is 3. The van der Waals surface area contributed by atoms with E-state index in [1.165, 1.54) is 0 Å². The fourth-order valence-corrected chi connectivity index (χ4v) is 3.20. The largest absolute Gasteiger partial charge is 0.508 e. The summed E-state index contributed by atoms with van der Waals surface area (Å²) >= 11 is 0. The summed E-state index contributed by atoms with van der Waals surface area (Å²) in [6.45, 7) is 0.459. The van der Waals surface area contributed by atoms with Crippen LogP contribution in [0.25, 0.3) is 12.2 Å². The fraction of sp³-hybridized carbons (Fsp3) is 0.115. The Hall–Kier alpha value is -4.39. The number of pyridine rings is 1. The van der Waals surface area contributed by atoms with E-state index in [2.05, 4.69) is 15.0 Å². The van der Waals surface area contributed by atoms with Crippen molar-refractivity contribution in [1.29, 1.82) is 0 Å². The number of benzene rings is 2. The highest BCUT2D eigenvalue weighted by Crippen LogP contribution is 2.12. The van der Waals surface area contributed by atoms with Gasteiger partial charge in [-0.1, -0.05) is 48.5 Å². The van der Waals surface area contributed by atoms with E-state index in [0.29, 0.717) is 25.2 Å². The second-order valence-corrected chi connectivity index (χ2v) is 7.48. The molecule has 0 saturated carbocycles. The van der Waals surface area contributed by atoms with Gasteiger partial charge in [-0.25, -0.2) is 0 Å². The van der Waals surface area contributed by atoms with E-state index in [-0.39, 0.29) is 27.6 Å². The molecule has 0 bridgehead atoms. The smallest absolute Gasteiger partial charge is 0.271 e. The monoisotopic (exact) mass is 441 g/mol. The van der Waals surface area contributed by atoms with Crippen molar-refractivity contribution in [2.75, 3.05) is 0 Å². The van der Waals surface area contributed by atoms with Gasteiger partial charge < -0.3 is 19.8 Å². The number of nitrogens with one attached hydrogen (secondary N) is 2. The number of aromatic amines is 2. The summed E-state index contributed by atoms with van der Waals surface area (Å²) in [5.41, 5.74) is 1.96. The Labute approximate surface area is 189 Å². The first-order valence-electron chi connectivity index (χ1n) is 10.5. The summed E-state index contributed by atoms with van der Waals surface area (Å²) in [4.78, 5) is 34.4. The van der Waals surface area contributed by atoms with Crippen molar-refractivity contribution in [3.63, 3.8) is 0 Å². The lowest BCUT2D eigenvalue weighted by Crippen LogP contribution is -2.46. The third kappa shape index (κ3) is 6.07. The Bertz CT molecular complexity index is 1440.